The third-order valence-corrected chi connectivity index (χ3v) is 10.6. The third-order valence-electron chi connectivity index (χ3n) is 8.71. The van der Waals surface area contributed by atoms with Crippen molar-refractivity contribution < 1.29 is 52.5 Å². The first-order chi connectivity index (χ1) is 29.3. The number of aromatic nitrogens is 6. The van der Waals surface area contributed by atoms with E-state index in [1.165, 1.54) is 60.4 Å². The molecular weight excluding hydrogens is 945 g/mol. The number of aromatic carboxylic acids is 2. The molecule has 18 heteroatoms. The Balaban J connectivity index is 0.000000285. The second kappa shape index (κ2) is 23.2. The van der Waals surface area contributed by atoms with E-state index in [9.17, 15) is 33.0 Å². The minimum Gasteiger partial charge on any atom is -0.753 e. The summed E-state index contributed by atoms with van der Waals surface area (Å²) in [4.78, 5) is 42.5. The molecule has 0 saturated carbocycles. The maximum atomic E-state index is 12.6. The fourth-order valence-electron chi connectivity index (χ4n) is 5.72. The van der Waals surface area contributed by atoms with Crippen molar-refractivity contribution in [3.05, 3.63) is 140 Å². The maximum absolute atomic E-state index is 12.6. The monoisotopic (exact) mass is 979 g/mol. The number of unbranched alkanes of at least 4 members (excludes halogenated alkanes) is 3. The second-order valence-corrected chi connectivity index (χ2v) is 15.0. The summed E-state index contributed by atoms with van der Waals surface area (Å²) in [6, 6.07) is 17.7. The van der Waals surface area contributed by atoms with Crippen molar-refractivity contribution in [3.8, 4) is 56.4 Å². The summed E-state index contributed by atoms with van der Waals surface area (Å²) in [6.45, 7) is 4.18. The fourth-order valence-corrected chi connectivity index (χ4v) is 7.45. The van der Waals surface area contributed by atoms with Crippen LogP contribution in [0.3, 0.4) is 0 Å². The van der Waals surface area contributed by atoms with Crippen LogP contribution in [0.5, 0.6) is 0 Å². The number of alkyl halides is 3. The zero-order chi connectivity index (χ0) is 43.9. The van der Waals surface area contributed by atoms with Gasteiger partial charge in [0.15, 0.2) is 0 Å². The normalized spacial score (nSPS) is 10.4. The van der Waals surface area contributed by atoms with Gasteiger partial charge in [-0.15, -0.1) is 22.7 Å². The van der Waals surface area contributed by atoms with Crippen LogP contribution in [-0.2, 0) is 32.1 Å². The first-order valence-corrected chi connectivity index (χ1v) is 20.6. The first kappa shape index (κ1) is 48.6. The summed E-state index contributed by atoms with van der Waals surface area (Å²) < 4.78 is 37.7. The Morgan fingerprint density at radius 1 is 0.790 bits per heavy atom. The van der Waals surface area contributed by atoms with E-state index in [4.69, 9.17) is 5.41 Å². The molecule has 7 rings (SSSR count). The Bertz CT molecular complexity index is 2740. The van der Waals surface area contributed by atoms with Crippen LogP contribution in [0.15, 0.2) is 96.1 Å². The van der Waals surface area contributed by atoms with Crippen molar-refractivity contribution in [2.75, 3.05) is 0 Å². The number of halogens is 3. The number of pyridine rings is 4. The van der Waals surface area contributed by atoms with Crippen molar-refractivity contribution in [1.82, 2.24) is 30.1 Å². The Hall–Kier alpha value is -6.08. The summed E-state index contributed by atoms with van der Waals surface area (Å²) in [5.41, 5.74) is 4.81. The Labute approximate surface area is 380 Å². The molecule has 0 atom stereocenters. The summed E-state index contributed by atoms with van der Waals surface area (Å²) in [7, 11) is 0. The zero-order valence-electron chi connectivity index (χ0n) is 32.8. The van der Waals surface area contributed by atoms with Gasteiger partial charge in [0.1, 0.15) is 5.69 Å². The average Bonchev–Trinajstić information content (AvgIpc) is 4.04. The molecule has 0 aliphatic carbocycles. The van der Waals surface area contributed by atoms with Crippen LogP contribution in [0.2, 0.25) is 0 Å². The van der Waals surface area contributed by atoms with E-state index in [2.05, 4.69) is 72.6 Å². The molecule has 0 unspecified atom stereocenters. The number of rotatable bonds is 11. The van der Waals surface area contributed by atoms with Crippen molar-refractivity contribution >= 4 is 52.0 Å². The molecule has 0 radical (unpaired) electrons. The Kier molecular flexibility index (Phi) is 18.2. The van der Waals surface area contributed by atoms with Gasteiger partial charge in [0.2, 0.25) is 0 Å². The SMILES string of the molecule is CCCCCCc1ccsc1C#Cc1ccnc(-c2cc(C(=O)O)cc(-c3cc(C(=O)O)ccn3)n2)c1.Cc1ccsc1-c1ccnc(-c2cc(C(F)(F)F)n[n-]2)c1.[N-]=C=S.[Ru+2]. The van der Waals surface area contributed by atoms with E-state index < -0.39 is 23.8 Å². The molecule has 316 valence electrons. The van der Waals surface area contributed by atoms with Crippen molar-refractivity contribution in [2.45, 2.75) is 52.1 Å². The number of carboxylic acids is 2. The van der Waals surface area contributed by atoms with E-state index in [0.717, 1.165) is 45.4 Å². The van der Waals surface area contributed by atoms with Crippen LogP contribution in [-0.4, -0.2) is 52.3 Å². The number of thiophene rings is 2. The number of isothiocyanates is 1. The topological polar surface area (TPSA) is 175 Å². The van der Waals surface area contributed by atoms with Gasteiger partial charge in [-0.25, -0.2) is 14.6 Å². The predicted octanol–water partition coefficient (Wildman–Crippen LogP) is 11.0. The number of aryl methyl sites for hydroxylation is 2. The van der Waals surface area contributed by atoms with Crippen LogP contribution in [0.4, 0.5) is 13.2 Å². The van der Waals surface area contributed by atoms with Crippen LogP contribution < -0.4 is 5.10 Å². The van der Waals surface area contributed by atoms with Gasteiger partial charge in [-0.3, -0.25) is 15.0 Å². The molecular formula is C44H34F3N7O4RuS3. The van der Waals surface area contributed by atoms with E-state index >= 15 is 0 Å². The fraction of sp³-hybridized carbons (Fsp3) is 0.182. The number of carbonyl (C=O) groups is 2. The summed E-state index contributed by atoms with van der Waals surface area (Å²) in [5, 5.41) is 38.2. The number of thiocarbonyl (C=S) groups is 1. The smallest absolute Gasteiger partial charge is 0.753 e. The molecule has 0 bridgehead atoms. The minimum absolute atomic E-state index is 0. The van der Waals surface area contributed by atoms with Gasteiger partial charge >= 0.3 is 37.6 Å². The molecule has 7 heterocycles. The molecule has 7 aromatic heterocycles. The van der Waals surface area contributed by atoms with Crippen molar-refractivity contribution in [3.63, 3.8) is 0 Å². The standard InChI is InChI=1S/C29H25N3O4S.C14H9F3N3S.CNS.Ru/c1-2-3-4-5-6-20-11-14-37-27(20)8-7-19-9-12-30-23(15-19)25-17-22(29(35)36)18-26(32-25)24-16-21(28(33)34)10-13-31-24;1-8-3-5-21-13(8)9-2-4-18-10(6-9)11-7-12(20-19-11)14(15,16)17;2-1-3;/h9-18H,2-6H2,1H3,(H,33,34)(H,35,36);2-7H,1H3;;/q;2*-1;+2. The predicted molar refractivity (Wildman–Crippen MR) is 233 cm³/mol. The summed E-state index contributed by atoms with van der Waals surface area (Å²) in [6.07, 6.45) is 5.86. The van der Waals surface area contributed by atoms with E-state index in [-0.39, 0.29) is 47.7 Å². The van der Waals surface area contributed by atoms with Gasteiger partial charge in [-0.1, -0.05) is 55.9 Å². The molecule has 0 saturated heterocycles. The van der Waals surface area contributed by atoms with Gasteiger partial charge in [0, 0.05) is 29.0 Å². The third kappa shape index (κ3) is 13.5. The van der Waals surface area contributed by atoms with E-state index in [0.29, 0.717) is 17.1 Å². The molecule has 11 nitrogen and oxygen atoms in total. The summed E-state index contributed by atoms with van der Waals surface area (Å²) >= 11 is 6.90. The van der Waals surface area contributed by atoms with Crippen molar-refractivity contribution in [2.24, 2.45) is 0 Å². The number of nitrogens with zero attached hydrogens (tertiary/aromatic N) is 7. The molecule has 7 aromatic rings. The molecule has 0 spiro atoms. The van der Waals surface area contributed by atoms with E-state index in [1.807, 2.05) is 24.4 Å². The van der Waals surface area contributed by atoms with Crippen molar-refractivity contribution in [1.29, 1.82) is 0 Å². The molecule has 0 aliphatic rings. The number of hydrogen-bond donors (Lipinski definition) is 2. The number of hydrogen-bond acceptors (Lipinski definition) is 10. The van der Waals surface area contributed by atoms with E-state index in [1.54, 1.807) is 53.3 Å². The number of carboxylic acid groups (broad SMARTS) is 2. The van der Waals surface area contributed by atoms with Crippen LogP contribution in [0.25, 0.3) is 50.0 Å². The molecule has 0 aliphatic heterocycles. The van der Waals surface area contributed by atoms with Gasteiger partial charge in [0.05, 0.1) is 44.5 Å². The molecule has 0 fully saturated rings. The maximum Gasteiger partial charge on any atom is 2.00 e. The van der Waals surface area contributed by atoms with Crippen LogP contribution in [0, 0.1) is 18.8 Å². The van der Waals surface area contributed by atoms with Crippen LogP contribution >= 0.6 is 34.9 Å². The van der Waals surface area contributed by atoms with Gasteiger partial charge < -0.3 is 25.8 Å². The Morgan fingerprint density at radius 3 is 2.05 bits per heavy atom. The Morgan fingerprint density at radius 2 is 1.42 bits per heavy atom. The molecule has 0 amide bonds. The van der Waals surface area contributed by atoms with Gasteiger partial charge in [-0.05, 0) is 114 Å². The first-order valence-electron chi connectivity index (χ1n) is 18.4. The second-order valence-electron chi connectivity index (χ2n) is 13.0. The largest absolute Gasteiger partial charge is 2.00 e. The minimum atomic E-state index is -4.49. The molecule has 62 heavy (non-hydrogen) atoms. The van der Waals surface area contributed by atoms with Crippen LogP contribution in [0.1, 0.15) is 80.6 Å². The van der Waals surface area contributed by atoms with Gasteiger partial charge in [-0.2, -0.15) is 18.3 Å². The average molecular weight is 979 g/mol. The summed E-state index contributed by atoms with van der Waals surface area (Å²) in [5.74, 6) is 4.23. The molecule has 0 aromatic carbocycles. The zero-order valence-corrected chi connectivity index (χ0v) is 37.0. The van der Waals surface area contributed by atoms with Gasteiger partial charge in [0.25, 0.3) is 0 Å². The molecule has 2 N–H and O–H groups in total. The quantitative estimate of drug-likeness (QED) is 0.0415.